The summed E-state index contributed by atoms with van der Waals surface area (Å²) in [6, 6.07) is 12.3. The van der Waals surface area contributed by atoms with Gasteiger partial charge in [0.25, 0.3) is 6.43 Å². The first kappa shape index (κ1) is 15.3. The maximum Gasteiger partial charge on any atom is 0.265 e. The summed E-state index contributed by atoms with van der Waals surface area (Å²) in [5.41, 5.74) is 8.05. The maximum absolute atomic E-state index is 13.1. The Morgan fingerprint density at radius 2 is 1.67 bits per heavy atom. The second-order valence-electron chi connectivity index (χ2n) is 6.07. The van der Waals surface area contributed by atoms with Crippen LogP contribution in [0.15, 0.2) is 42.5 Å². The van der Waals surface area contributed by atoms with E-state index >= 15 is 0 Å². The third-order valence-corrected chi connectivity index (χ3v) is 3.32. The predicted molar refractivity (Wildman–Crippen MR) is 84.2 cm³/mol. The van der Waals surface area contributed by atoms with Crippen molar-refractivity contribution in [3.05, 3.63) is 53.6 Å². The number of anilines is 3. The van der Waals surface area contributed by atoms with Crippen LogP contribution in [-0.2, 0) is 5.41 Å². The predicted octanol–water partition coefficient (Wildman–Crippen LogP) is 5.25. The molecule has 0 unspecified atom stereocenters. The standard InChI is InChI=1S/C17H20F2N2/c1-17(2,3)13-6-4-5-7-15(13)21-14-9-8-11(20)10-12(14)16(18)19/h4-10,16,21H,20H2,1-3H3. The number of rotatable bonds is 3. The topological polar surface area (TPSA) is 38.0 Å². The smallest absolute Gasteiger partial charge is 0.265 e. The molecule has 2 aromatic carbocycles. The first-order valence-corrected chi connectivity index (χ1v) is 6.83. The van der Waals surface area contributed by atoms with Gasteiger partial charge in [-0.25, -0.2) is 8.78 Å². The lowest BCUT2D eigenvalue weighted by Gasteiger charge is -2.24. The fourth-order valence-corrected chi connectivity index (χ4v) is 2.27. The summed E-state index contributed by atoms with van der Waals surface area (Å²) in [7, 11) is 0. The average Bonchev–Trinajstić information content (AvgIpc) is 2.40. The molecule has 2 nitrogen and oxygen atoms in total. The minimum absolute atomic E-state index is 0.0810. The molecule has 4 heteroatoms. The molecule has 0 saturated carbocycles. The molecule has 3 N–H and O–H groups in total. The highest BCUT2D eigenvalue weighted by Crippen LogP contribution is 2.35. The van der Waals surface area contributed by atoms with Crippen molar-refractivity contribution in [3.63, 3.8) is 0 Å². The van der Waals surface area contributed by atoms with E-state index in [9.17, 15) is 8.78 Å². The van der Waals surface area contributed by atoms with Gasteiger partial charge >= 0.3 is 0 Å². The van der Waals surface area contributed by atoms with Crippen LogP contribution in [0.5, 0.6) is 0 Å². The second kappa shape index (κ2) is 5.72. The van der Waals surface area contributed by atoms with E-state index in [1.807, 2.05) is 24.3 Å². The lowest BCUT2D eigenvalue weighted by Crippen LogP contribution is -2.13. The molecule has 0 saturated heterocycles. The van der Waals surface area contributed by atoms with Gasteiger partial charge in [0.1, 0.15) is 0 Å². The van der Waals surface area contributed by atoms with Gasteiger partial charge in [0.05, 0.1) is 0 Å². The summed E-state index contributed by atoms with van der Waals surface area (Å²) >= 11 is 0. The van der Waals surface area contributed by atoms with E-state index in [0.717, 1.165) is 11.3 Å². The Morgan fingerprint density at radius 1 is 1.00 bits per heavy atom. The molecule has 0 fully saturated rings. The molecule has 0 aliphatic heterocycles. The summed E-state index contributed by atoms with van der Waals surface area (Å²) in [5.74, 6) is 0. The number of halogens is 2. The van der Waals surface area contributed by atoms with Gasteiger partial charge in [0.2, 0.25) is 0 Å². The normalized spacial score (nSPS) is 11.7. The van der Waals surface area contributed by atoms with E-state index in [4.69, 9.17) is 5.73 Å². The third kappa shape index (κ3) is 3.51. The first-order valence-electron chi connectivity index (χ1n) is 6.83. The Balaban J connectivity index is 2.44. The molecular weight excluding hydrogens is 270 g/mol. The van der Waals surface area contributed by atoms with E-state index in [1.54, 1.807) is 12.1 Å². The number of benzene rings is 2. The molecule has 0 heterocycles. The Bertz CT molecular complexity index is 631. The van der Waals surface area contributed by atoms with Gasteiger partial charge in [0.15, 0.2) is 0 Å². The monoisotopic (exact) mass is 290 g/mol. The molecule has 0 aliphatic carbocycles. The Hall–Kier alpha value is -2.10. The summed E-state index contributed by atoms with van der Waals surface area (Å²) in [6.45, 7) is 6.26. The summed E-state index contributed by atoms with van der Waals surface area (Å²) in [4.78, 5) is 0. The quantitative estimate of drug-likeness (QED) is 0.758. The fourth-order valence-electron chi connectivity index (χ4n) is 2.27. The van der Waals surface area contributed by atoms with Crippen LogP contribution < -0.4 is 11.1 Å². The van der Waals surface area contributed by atoms with Gasteiger partial charge in [-0.3, -0.25) is 0 Å². The number of hydrogen-bond donors (Lipinski definition) is 2. The fraction of sp³-hybridized carbons (Fsp3) is 0.294. The lowest BCUT2D eigenvalue weighted by atomic mass is 9.85. The van der Waals surface area contributed by atoms with Crippen molar-refractivity contribution in [1.29, 1.82) is 0 Å². The number of nitrogens with one attached hydrogen (secondary N) is 1. The Labute approximate surface area is 124 Å². The highest BCUT2D eigenvalue weighted by molar-refractivity contribution is 5.69. The van der Waals surface area contributed by atoms with Crippen molar-refractivity contribution in [1.82, 2.24) is 0 Å². The van der Waals surface area contributed by atoms with E-state index in [2.05, 4.69) is 26.1 Å². The van der Waals surface area contributed by atoms with E-state index in [-0.39, 0.29) is 11.0 Å². The summed E-state index contributed by atoms with van der Waals surface area (Å²) in [6.07, 6.45) is -2.57. The molecule has 112 valence electrons. The van der Waals surface area contributed by atoms with Crippen LogP contribution in [0.4, 0.5) is 25.8 Å². The maximum atomic E-state index is 13.1. The van der Waals surface area contributed by atoms with Gasteiger partial charge < -0.3 is 11.1 Å². The number of alkyl halides is 2. The van der Waals surface area contributed by atoms with Crippen LogP contribution in [-0.4, -0.2) is 0 Å². The SMILES string of the molecule is CC(C)(C)c1ccccc1Nc1ccc(N)cc1C(F)F. The van der Waals surface area contributed by atoms with Crippen molar-refractivity contribution in [2.45, 2.75) is 32.6 Å². The molecule has 2 aromatic rings. The molecule has 0 atom stereocenters. The van der Waals surface area contributed by atoms with E-state index in [1.165, 1.54) is 6.07 Å². The molecule has 21 heavy (non-hydrogen) atoms. The molecule has 0 aliphatic rings. The van der Waals surface area contributed by atoms with E-state index in [0.29, 0.717) is 11.4 Å². The van der Waals surface area contributed by atoms with Crippen LogP contribution in [0.3, 0.4) is 0 Å². The second-order valence-corrected chi connectivity index (χ2v) is 6.07. The zero-order valence-corrected chi connectivity index (χ0v) is 12.5. The first-order chi connectivity index (χ1) is 9.79. The van der Waals surface area contributed by atoms with Crippen LogP contribution in [0, 0.1) is 0 Å². The molecule has 0 radical (unpaired) electrons. The minimum Gasteiger partial charge on any atom is -0.399 e. The van der Waals surface area contributed by atoms with Gasteiger partial charge in [-0.05, 0) is 35.2 Å². The van der Waals surface area contributed by atoms with Crippen molar-refractivity contribution in [2.24, 2.45) is 0 Å². The number of hydrogen-bond acceptors (Lipinski definition) is 2. The van der Waals surface area contributed by atoms with Gasteiger partial charge in [-0.2, -0.15) is 0 Å². The molecular formula is C17H20F2N2. The minimum atomic E-state index is -2.57. The van der Waals surface area contributed by atoms with Crippen molar-refractivity contribution in [2.75, 3.05) is 11.1 Å². The van der Waals surface area contributed by atoms with Crippen molar-refractivity contribution in [3.8, 4) is 0 Å². The molecule has 0 amide bonds. The van der Waals surface area contributed by atoms with Crippen LogP contribution in [0.2, 0.25) is 0 Å². The van der Waals surface area contributed by atoms with Crippen LogP contribution >= 0.6 is 0 Å². The summed E-state index contributed by atoms with van der Waals surface area (Å²) < 4.78 is 26.3. The van der Waals surface area contributed by atoms with Crippen LogP contribution in [0.25, 0.3) is 0 Å². The Kier molecular flexibility index (Phi) is 4.16. The van der Waals surface area contributed by atoms with Crippen LogP contribution in [0.1, 0.15) is 38.3 Å². The zero-order chi connectivity index (χ0) is 15.6. The van der Waals surface area contributed by atoms with Gasteiger partial charge in [-0.1, -0.05) is 39.0 Å². The highest BCUT2D eigenvalue weighted by atomic mass is 19.3. The molecule has 0 bridgehead atoms. The van der Waals surface area contributed by atoms with Crippen molar-refractivity contribution >= 4 is 17.1 Å². The number of nitrogen functional groups attached to an aromatic ring is 1. The van der Waals surface area contributed by atoms with E-state index < -0.39 is 6.43 Å². The highest BCUT2D eigenvalue weighted by Gasteiger charge is 2.19. The van der Waals surface area contributed by atoms with Gasteiger partial charge in [0, 0.05) is 22.6 Å². The lowest BCUT2D eigenvalue weighted by molar-refractivity contribution is 0.152. The molecule has 0 aromatic heterocycles. The number of para-hydroxylation sites is 1. The third-order valence-electron chi connectivity index (χ3n) is 3.32. The number of nitrogens with two attached hydrogens (primary N) is 1. The van der Waals surface area contributed by atoms with Gasteiger partial charge in [-0.15, -0.1) is 0 Å². The zero-order valence-electron chi connectivity index (χ0n) is 12.5. The largest absolute Gasteiger partial charge is 0.399 e. The summed E-state index contributed by atoms with van der Waals surface area (Å²) in [5, 5.41) is 3.12. The average molecular weight is 290 g/mol. The van der Waals surface area contributed by atoms with Crippen molar-refractivity contribution < 1.29 is 8.78 Å². The molecule has 0 spiro atoms. The Morgan fingerprint density at radius 3 is 2.29 bits per heavy atom. The molecule has 2 rings (SSSR count).